The van der Waals surface area contributed by atoms with E-state index in [0.717, 1.165) is 16.5 Å². The Labute approximate surface area is 143 Å². The number of hydrogen-bond donors (Lipinski definition) is 1. The number of carbonyl (C=O) groups excluding carboxylic acids is 1. The summed E-state index contributed by atoms with van der Waals surface area (Å²) in [5.74, 6) is -0.713. The van der Waals surface area contributed by atoms with E-state index in [1.165, 1.54) is 12.1 Å². The third-order valence-electron chi connectivity index (χ3n) is 3.02. The van der Waals surface area contributed by atoms with Crippen LogP contribution in [0.1, 0.15) is 15.9 Å². The van der Waals surface area contributed by atoms with Crippen LogP contribution in [0.3, 0.4) is 0 Å². The van der Waals surface area contributed by atoms with E-state index in [1.807, 2.05) is 30.5 Å². The molecule has 0 bridgehead atoms. The number of primary sulfonamides is 1. The van der Waals surface area contributed by atoms with Gasteiger partial charge in [0.25, 0.3) is 0 Å². The van der Waals surface area contributed by atoms with E-state index in [-0.39, 0.29) is 22.1 Å². The number of nitrogens with two attached hydrogens (primary N) is 1. The van der Waals surface area contributed by atoms with E-state index in [9.17, 15) is 13.2 Å². The summed E-state index contributed by atoms with van der Waals surface area (Å²) in [5, 5.41) is 5.14. The van der Waals surface area contributed by atoms with E-state index in [1.54, 1.807) is 11.8 Å². The smallest absolute Gasteiger partial charge is 0.340 e. The SMILES string of the molecule is CSc1ccc(COC(=O)c2cc(S(N)(=O)=O)ccc2Cl)cc1. The van der Waals surface area contributed by atoms with E-state index < -0.39 is 16.0 Å². The van der Waals surface area contributed by atoms with Crippen molar-refractivity contribution in [3.8, 4) is 0 Å². The maximum atomic E-state index is 12.1. The molecular formula is C15H14ClNO4S2. The summed E-state index contributed by atoms with van der Waals surface area (Å²) in [4.78, 5) is 13.0. The summed E-state index contributed by atoms with van der Waals surface area (Å²) in [6.45, 7) is 0.0590. The molecule has 0 spiro atoms. The van der Waals surface area contributed by atoms with Crippen molar-refractivity contribution in [3.05, 3.63) is 58.6 Å². The van der Waals surface area contributed by atoms with Gasteiger partial charge < -0.3 is 4.74 Å². The standard InChI is InChI=1S/C15H14ClNO4S2/c1-22-11-4-2-10(3-5-11)9-21-15(18)13-8-12(23(17,19)20)6-7-14(13)16/h2-8H,9H2,1H3,(H2,17,19,20). The van der Waals surface area contributed by atoms with Gasteiger partial charge in [0.05, 0.1) is 15.5 Å². The molecule has 0 aliphatic heterocycles. The van der Waals surface area contributed by atoms with Gasteiger partial charge in [-0.05, 0) is 42.2 Å². The largest absolute Gasteiger partial charge is 0.457 e. The minimum atomic E-state index is -3.92. The van der Waals surface area contributed by atoms with Crippen LogP contribution in [0.25, 0.3) is 0 Å². The van der Waals surface area contributed by atoms with Crippen LogP contribution in [-0.4, -0.2) is 20.6 Å². The third-order valence-corrected chi connectivity index (χ3v) is 5.00. The first kappa shape index (κ1) is 17.8. The molecule has 5 nitrogen and oxygen atoms in total. The lowest BCUT2D eigenvalue weighted by atomic mass is 10.2. The second-order valence-corrected chi connectivity index (χ2v) is 7.46. The second kappa shape index (κ2) is 7.35. The van der Waals surface area contributed by atoms with Crippen molar-refractivity contribution in [2.75, 3.05) is 6.26 Å². The molecule has 0 aliphatic rings. The van der Waals surface area contributed by atoms with Crippen LogP contribution in [-0.2, 0) is 21.4 Å². The second-order valence-electron chi connectivity index (χ2n) is 4.61. The molecule has 2 aromatic carbocycles. The molecule has 0 amide bonds. The van der Waals surface area contributed by atoms with Crippen molar-refractivity contribution in [1.82, 2.24) is 0 Å². The molecule has 122 valence electrons. The topological polar surface area (TPSA) is 86.5 Å². The van der Waals surface area contributed by atoms with E-state index in [4.69, 9.17) is 21.5 Å². The molecule has 0 aliphatic carbocycles. The minimum Gasteiger partial charge on any atom is -0.457 e. The maximum absolute atomic E-state index is 12.1. The number of benzene rings is 2. The number of ether oxygens (including phenoxy) is 1. The molecular weight excluding hydrogens is 358 g/mol. The highest BCUT2D eigenvalue weighted by molar-refractivity contribution is 7.98. The number of carbonyl (C=O) groups is 1. The lowest BCUT2D eigenvalue weighted by Crippen LogP contribution is -2.14. The molecule has 0 unspecified atom stereocenters. The number of hydrogen-bond acceptors (Lipinski definition) is 5. The van der Waals surface area contributed by atoms with E-state index in [2.05, 4.69) is 0 Å². The Bertz CT molecular complexity index is 820. The van der Waals surface area contributed by atoms with Crippen molar-refractivity contribution in [1.29, 1.82) is 0 Å². The Hall–Kier alpha value is -1.54. The average molecular weight is 372 g/mol. The fourth-order valence-corrected chi connectivity index (χ4v) is 2.93. The number of sulfonamides is 1. The number of halogens is 1. The molecule has 0 heterocycles. The first-order valence-corrected chi connectivity index (χ1v) is 9.58. The van der Waals surface area contributed by atoms with Crippen LogP contribution >= 0.6 is 23.4 Å². The molecule has 2 aromatic rings. The predicted molar refractivity (Wildman–Crippen MR) is 90.2 cm³/mol. The van der Waals surface area contributed by atoms with Crippen LogP contribution in [0.4, 0.5) is 0 Å². The van der Waals surface area contributed by atoms with Gasteiger partial charge in [0.15, 0.2) is 0 Å². The van der Waals surface area contributed by atoms with Gasteiger partial charge in [0, 0.05) is 4.90 Å². The van der Waals surface area contributed by atoms with Crippen molar-refractivity contribution in [2.24, 2.45) is 5.14 Å². The van der Waals surface area contributed by atoms with Crippen LogP contribution < -0.4 is 5.14 Å². The van der Waals surface area contributed by atoms with E-state index in [0.29, 0.717) is 0 Å². The van der Waals surface area contributed by atoms with Gasteiger partial charge in [0.2, 0.25) is 10.0 Å². The Balaban J connectivity index is 2.14. The van der Waals surface area contributed by atoms with Gasteiger partial charge >= 0.3 is 5.97 Å². The number of esters is 1. The van der Waals surface area contributed by atoms with Gasteiger partial charge in [-0.15, -0.1) is 11.8 Å². The molecule has 2 rings (SSSR count). The molecule has 23 heavy (non-hydrogen) atoms. The molecule has 0 aromatic heterocycles. The van der Waals surface area contributed by atoms with E-state index >= 15 is 0 Å². The highest BCUT2D eigenvalue weighted by Gasteiger charge is 2.17. The summed E-state index contributed by atoms with van der Waals surface area (Å²) in [6, 6.07) is 11.2. The van der Waals surface area contributed by atoms with Crippen molar-refractivity contribution in [3.63, 3.8) is 0 Å². The van der Waals surface area contributed by atoms with Crippen LogP contribution in [0.5, 0.6) is 0 Å². The minimum absolute atomic E-state index is 0.0427. The zero-order chi connectivity index (χ0) is 17.0. The molecule has 8 heteroatoms. The first-order valence-electron chi connectivity index (χ1n) is 6.43. The number of rotatable bonds is 5. The van der Waals surface area contributed by atoms with Crippen molar-refractivity contribution >= 4 is 39.4 Å². The Morgan fingerprint density at radius 1 is 1.22 bits per heavy atom. The van der Waals surface area contributed by atoms with Crippen LogP contribution in [0.2, 0.25) is 5.02 Å². The number of thioether (sulfide) groups is 1. The predicted octanol–water partition coefficient (Wildman–Crippen LogP) is 3.07. The summed E-state index contributed by atoms with van der Waals surface area (Å²) in [7, 11) is -3.92. The molecule has 0 saturated heterocycles. The van der Waals surface area contributed by atoms with Gasteiger partial charge in [-0.3, -0.25) is 0 Å². The Kier molecular flexibility index (Phi) is 5.69. The van der Waals surface area contributed by atoms with Gasteiger partial charge in [-0.1, -0.05) is 23.7 Å². The molecule has 2 N–H and O–H groups in total. The Morgan fingerprint density at radius 2 is 1.87 bits per heavy atom. The van der Waals surface area contributed by atoms with Crippen molar-refractivity contribution in [2.45, 2.75) is 16.4 Å². The zero-order valence-electron chi connectivity index (χ0n) is 12.2. The quantitative estimate of drug-likeness (QED) is 0.644. The molecule has 0 atom stereocenters. The fourth-order valence-electron chi connectivity index (χ4n) is 1.79. The van der Waals surface area contributed by atoms with Gasteiger partial charge in [0.1, 0.15) is 6.61 Å². The Morgan fingerprint density at radius 3 is 2.43 bits per heavy atom. The summed E-state index contributed by atoms with van der Waals surface area (Å²) in [6.07, 6.45) is 1.97. The lowest BCUT2D eigenvalue weighted by molar-refractivity contribution is 0.0472. The first-order chi connectivity index (χ1) is 10.8. The van der Waals surface area contributed by atoms with Crippen LogP contribution in [0, 0.1) is 0 Å². The van der Waals surface area contributed by atoms with Gasteiger partial charge in [-0.2, -0.15) is 0 Å². The third kappa shape index (κ3) is 4.71. The van der Waals surface area contributed by atoms with Crippen LogP contribution in [0.15, 0.2) is 52.3 Å². The summed E-state index contributed by atoms with van der Waals surface area (Å²) >= 11 is 7.53. The monoisotopic (exact) mass is 371 g/mol. The average Bonchev–Trinajstić information content (AvgIpc) is 2.52. The van der Waals surface area contributed by atoms with Crippen molar-refractivity contribution < 1.29 is 17.9 Å². The molecule has 0 radical (unpaired) electrons. The fraction of sp³-hybridized carbons (Fsp3) is 0.133. The highest BCUT2D eigenvalue weighted by Crippen LogP contribution is 2.21. The normalized spacial score (nSPS) is 11.3. The van der Waals surface area contributed by atoms with Gasteiger partial charge in [-0.25, -0.2) is 18.4 Å². The molecule has 0 saturated carbocycles. The molecule has 0 fully saturated rings. The maximum Gasteiger partial charge on any atom is 0.340 e. The lowest BCUT2D eigenvalue weighted by Gasteiger charge is -2.08. The highest BCUT2D eigenvalue weighted by atomic mass is 35.5. The summed E-state index contributed by atoms with van der Waals surface area (Å²) in [5.41, 5.74) is 0.772. The summed E-state index contributed by atoms with van der Waals surface area (Å²) < 4.78 is 27.8. The zero-order valence-corrected chi connectivity index (χ0v) is 14.5.